The van der Waals surface area contributed by atoms with E-state index in [4.69, 9.17) is 4.74 Å². The molecule has 1 atom stereocenters. The number of ether oxygens (including phenoxy) is 1. The van der Waals surface area contributed by atoms with Gasteiger partial charge in [0.25, 0.3) is 5.91 Å². The molecule has 2 aromatic rings. The summed E-state index contributed by atoms with van der Waals surface area (Å²) in [7, 11) is 3.56. The second kappa shape index (κ2) is 10.3. The Bertz CT molecular complexity index is 1060. The molecule has 0 aromatic heterocycles. The molecule has 180 valence electrons. The van der Waals surface area contributed by atoms with Crippen LogP contribution in [0.4, 0.5) is 5.69 Å². The molecule has 2 fully saturated rings. The fourth-order valence-corrected chi connectivity index (χ4v) is 4.38. The molecule has 0 saturated carbocycles. The van der Waals surface area contributed by atoms with Crippen LogP contribution in [0.1, 0.15) is 27.9 Å². The van der Waals surface area contributed by atoms with Crippen LogP contribution in [-0.4, -0.2) is 79.3 Å². The zero-order valence-corrected chi connectivity index (χ0v) is 20.0. The first kappa shape index (κ1) is 23.8. The Kier molecular flexibility index (Phi) is 7.17. The molecule has 1 unspecified atom stereocenters. The van der Waals surface area contributed by atoms with E-state index in [0.717, 1.165) is 24.2 Å². The minimum absolute atomic E-state index is 0.0355. The third-order valence-corrected chi connectivity index (χ3v) is 6.57. The molecule has 4 rings (SSSR count). The first-order valence-corrected chi connectivity index (χ1v) is 11.6. The molecule has 8 heteroatoms. The van der Waals surface area contributed by atoms with Gasteiger partial charge in [-0.05, 0) is 37.7 Å². The molecule has 3 amide bonds. The predicted octanol–water partition coefficient (Wildman–Crippen LogP) is 2.38. The van der Waals surface area contributed by atoms with Crippen molar-refractivity contribution in [2.24, 2.45) is 5.92 Å². The summed E-state index contributed by atoms with van der Waals surface area (Å²) >= 11 is 0. The zero-order valence-electron chi connectivity index (χ0n) is 20.0. The molecule has 1 N–H and O–H groups in total. The van der Waals surface area contributed by atoms with E-state index in [2.05, 4.69) is 10.2 Å². The number of rotatable bonds is 6. The highest BCUT2D eigenvalue weighted by atomic mass is 16.5. The molecule has 0 bridgehead atoms. The summed E-state index contributed by atoms with van der Waals surface area (Å²) in [4.78, 5) is 44.3. The summed E-state index contributed by atoms with van der Waals surface area (Å²) in [6.45, 7) is 5.88. The minimum Gasteiger partial charge on any atom is -0.495 e. The van der Waals surface area contributed by atoms with E-state index in [-0.39, 0.29) is 24.1 Å². The topological polar surface area (TPSA) is 82.2 Å². The van der Waals surface area contributed by atoms with Crippen molar-refractivity contribution >= 4 is 23.4 Å². The number of carbonyl (C=O) groups is 3. The summed E-state index contributed by atoms with van der Waals surface area (Å²) in [6.07, 6.45) is 0.167. The average Bonchev–Trinajstić information content (AvgIpc) is 3.20. The third-order valence-electron chi connectivity index (χ3n) is 6.57. The van der Waals surface area contributed by atoms with Gasteiger partial charge in [0.05, 0.1) is 18.7 Å². The van der Waals surface area contributed by atoms with E-state index < -0.39 is 5.92 Å². The maximum Gasteiger partial charge on any atom is 0.254 e. The number of aryl methyl sites for hydroxylation is 1. The fraction of sp³-hybridized carbons (Fsp3) is 0.423. The van der Waals surface area contributed by atoms with Gasteiger partial charge in [-0.15, -0.1) is 0 Å². The summed E-state index contributed by atoms with van der Waals surface area (Å²) in [6, 6.07) is 13.1. The van der Waals surface area contributed by atoms with Crippen LogP contribution >= 0.6 is 0 Å². The molecule has 34 heavy (non-hydrogen) atoms. The maximum absolute atomic E-state index is 13.0. The molecular formula is C26H32N4O4. The van der Waals surface area contributed by atoms with E-state index in [9.17, 15) is 14.4 Å². The van der Waals surface area contributed by atoms with Crippen LogP contribution < -0.4 is 10.1 Å². The normalized spacial score (nSPS) is 18.8. The summed E-state index contributed by atoms with van der Waals surface area (Å²) in [5, 5.41) is 2.90. The Hall–Kier alpha value is -3.39. The number of nitrogens with one attached hydrogen (secondary N) is 1. The third kappa shape index (κ3) is 5.39. The number of hydrogen-bond acceptors (Lipinski definition) is 5. The number of likely N-dealkylation sites (N-methyl/N-ethyl adjacent to an activating group) is 1. The van der Waals surface area contributed by atoms with Crippen LogP contribution in [0, 0.1) is 12.8 Å². The van der Waals surface area contributed by atoms with E-state index in [1.807, 2.05) is 43.1 Å². The van der Waals surface area contributed by atoms with Crippen LogP contribution in [0.15, 0.2) is 42.5 Å². The predicted molar refractivity (Wildman–Crippen MR) is 130 cm³/mol. The second-order valence-electron chi connectivity index (χ2n) is 9.16. The Balaban J connectivity index is 1.42. The van der Waals surface area contributed by atoms with Crippen molar-refractivity contribution in [2.45, 2.75) is 19.9 Å². The van der Waals surface area contributed by atoms with Gasteiger partial charge in [-0.2, -0.15) is 0 Å². The SMILES string of the molecule is COc1ccc(C(=O)N2CCN(C)CC2)cc1NC(=O)C1CC(=O)N(Cc2ccc(C)cc2)C1. The summed E-state index contributed by atoms with van der Waals surface area (Å²) < 4.78 is 5.41. The number of piperazine rings is 1. The first-order chi connectivity index (χ1) is 16.3. The van der Waals surface area contributed by atoms with Crippen molar-refractivity contribution in [1.29, 1.82) is 0 Å². The number of benzene rings is 2. The Labute approximate surface area is 200 Å². The molecule has 2 heterocycles. The van der Waals surface area contributed by atoms with E-state index >= 15 is 0 Å². The first-order valence-electron chi connectivity index (χ1n) is 11.6. The lowest BCUT2D eigenvalue weighted by molar-refractivity contribution is -0.128. The molecule has 0 radical (unpaired) electrons. The van der Waals surface area contributed by atoms with Gasteiger partial charge in [-0.25, -0.2) is 0 Å². The molecule has 2 aliphatic heterocycles. The number of carbonyl (C=O) groups excluding carboxylic acids is 3. The molecule has 8 nitrogen and oxygen atoms in total. The monoisotopic (exact) mass is 464 g/mol. The van der Waals surface area contributed by atoms with Crippen molar-refractivity contribution in [3.8, 4) is 5.75 Å². The van der Waals surface area contributed by atoms with Crippen LogP contribution in [0.3, 0.4) is 0 Å². The number of likely N-dealkylation sites (tertiary alicyclic amines) is 1. The standard InChI is InChI=1S/C26H32N4O4/c1-18-4-6-19(7-5-18)16-30-17-21(15-24(30)31)25(32)27-22-14-20(8-9-23(22)34-3)26(33)29-12-10-28(2)11-13-29/h4-9,14,21H,10-13,15-17H2,1-3H3,(H,27,32). The van der Waals surface area contributed by atoms with Crippen molar-refractivity contribution in [1.82, 2.24) is 14.7 Å². The highest BCUT2D eigenvalue weighted by molar-refractivity contribution is 6.00. The van der Waals surface area contributed by atoms with E-state index in [1.165, 1.54) is 7.11 Å². The number of methoxy groups -OCH3 is 1. The number of hydrogen-bond donors (Lipinski definition) is 1. The molecular weight excluding hydrogens is 432 g/mol. The van der Waals surface area contributed by atoms with Crippen LogP contribution in [-0.2, 0) is 16.1 Å². The van der Waals surface area contributed by atoms with E-state index in [1.54, 1.807) is 23.1 Å². The van der Waals surface area contributed by atoms with Gasteiger partial charge in [-0.1, -0.05) is 29.8 Å². The van der Waals surface area contributed by atoms with Gasteiger partial charge < -0.3 is 24.8 Å². The van der Waals surface area contributed by atoms with Gasteiger partial charge in [-0.3, -0.25) is 14.4 Å². The van der Waals surface area contributed by atoms with Gasteiger partial charge in [0.1, 0.15) is 5.75 Å². The largest absolute Gasteiger partial charge is 0.495 e. The average molecular weight is 465 g/mol. The fourth-order valence-electron chi connectivity index (χ4n) is 4.38. The Morgan fingerprint density at radius 1 is 1.06 bits per heavy atom. The molecule has 2 aromatic carbocycles. The molecule has 2 aliphatic rings. The van der Waals surface area contributed by atoms with Crippen molar-refractivity contribution in [3.63, 3.8) is 0 Å². The quantitative estimate of drug-likeness (QED) is 0.710. The highest BCUT2D eigenvalue weighted by Crippen LogP contribution is 2.29. The van der Waals surface area contributed by atoms with Gasteiger partial charge in [0.2, 0.25) is 11.8 Å². The minimum atomic E-state index is -0.459. The Morgan fingerprint density at radius 3 is 2.44 bits per heavy atom. The Morgan fingerprint density at radius 2 is 1.76 bits per heavy atom. The number of anilines is 1. The highest BCUT2D eigenvalue weighted by Gasteiger charge is 2.34. The van der Waals surface area contributed by atoms with Crippen LogP contribution in [0.5, 0.6) is 5.75 Å². The molecule has 0 aliphatic carbocycles. The number of amides is 3. The van der Waals surface area contributed by atoms with Crippen molar-refractivity contribution in [3.05, 3.63) is 59.2 Å². The van der Waals surface area contributed by atoms with Crippen LogP contribution in [0.2, 0.25) is 0 Å². The molecule has 0 spiro atoms. The maximum atomic E-state index is 13.0. The lowest BCUT2D eigenvalue weighted by Gasteiger charge is -2.32. The summed E-state index contributed by atoms with van der Waals surface area (Å²) in [5.74, 6) is -0.329. The number of nitrogens with zero attached hydrogens (tertiary/aromatic N) is 3. The van der Waals surface area contributed by atoms with Crippen molar-refractivity contribution < 1.29 is 19.1 Å². The van der Waals surface area contributed by atoms with Gasteiger partial charge in [0.15, 0.2) is 0 Å². The van der Waals surface area contributed by atoms with Crippen LogP contribution in [0.25, 0.3) is 0 Å². The lowest BCUT2D eigenvalue weighted by atomic mass is 10.1. The summed E-state index contributed by atoms with van der Waals surface area (Å²) in [5.41, 5.74) is 3.15. The van der Waals surface area contributed by atoms with Gasteiger partial charge in [0, 0.05) is 51.3 Å². The van der Waals surface area contributed by atoms with Gasteiger partial charge >= 0.3 is 0 Å². The lowest BCUT2D eigenvalue weighted by Crippen LogP contribution is -2.47. The second-order valence-corrected chi connectivity index (χ2v) is 9.16. The smallest absolute Gasteiger partial charge is 0.254 e. The van der Waals surface area contributed by atoms with E-state index in [0.29, 0.717) is 43.2 Å². The zero-order chi connectivity index (χ0) is 24.2. The van der Waals surface area contributed by atoms with Crippen molar-refractivity contribution in [2.75, 3.05) is 52.2 Å². The molecule has 2 saturated heterocycles.